The van der Waals surface area contributed by atoms with E-state index < -0.39 is 6.10 Å². The van der Waals surface area contributed by atoms with Crippen LogP contribution in [0.4, 0.5) is 0 Å². The van der Waals surface area contributed by atoms with E-state index in [0.29, 0.717) is 44.2 Å². The van der Waals surface area contributed by atoms with Gasteiger partial charge in [0.05, 0.1) is 12.6 Å². The van der Waals surface area contributed by atoms with E-state index in [1.807, 2.05) is 35.7 Å². The van der Waals surface area contributed by atoms with E-state index in [-0.39, 0.29) is 24.5 Å². The van der Waals surface area contributed by atoms with Gasteiger partial charge in [-0.1, -0.05) is 48.0 Å². The molecule has 3 heterocycles. The maximum Gasteiger partial charge on any atom is 0.267 e. The summed E-state index contributed by atoms with van der Waals surface area (Å²) in [4.78, 5) is 30.9. The average Bonchev–Trinajstić information content (AvgIpc) is 3.42. The normalized spacial score (nSPS) is 18.7. The monoisotopic (exact) mass is 491 g/mol. The number of amides is 2. The number of fused-ring (bicyclic) bond motifs is 1. The zero-order valence-electron chi connectivity index (χ0n) is 19.7. The van der Waals surface area contributed by atoms with Gasteiger partial charge in [-0.05, 0) is 36.1 Å². The molecule has 1 fully saturated rings. The first kappa shape index (κ1) is 23.4. The fourth-order valence-electron chi connectivity index (χ4n) is 4.41. The van der Waals surface area contributed by atoms with Crippen LogP contribution in [-0.2, 0) is 9.59 Å². The van der Waals surface area contributed by atoms with Gasteiger partial charge in [-0.25, -0.2) is 0 Å². The number of piperazine rings is 1. The lowest BCUT2D eigenvalue weighted by atomic mass is 10.0. The highest BCUT2D eigenvalue weighted by Crippen LogP contribution is 2.31. The summed E-state index contributed by atoms with van der Waals surface area (Å²) in [5.41, 5.74) is 2.25. The number of aryl methyl sites for hydroxylation is 1. The Balaban J connectivity index is 1.14. The van der Waals surface area contributed by atoms with Crippen molar-refractivity contribution in [3.63, 3.8) is 0 Å². The zero-order chi connectivity index (χ0) is 24.2. The molecule has 1 N–H and O–H groups in total. The third-order valence-electron chi connectivity index (χ3n) is 6.38. The maximum atomic E-state index is 13.0. The largest absolute Gasteiger partial charge is 0.485 e. The zero-order valence-corrected chi connectivity index (χ0v) is 20.5. The molecule has 2 unspecified atom stereocenters. The van der Waals surface area contributed by atoms with Crippen molar-refractivity contribution in [1.82, 2.24) is 15.1 Å². The molecule has 1 saturated heterocycles. The number of nitrogens with zero attached hydrogens (tertiary/aromatic N) is 2. The number of benzene rings is 2. The van der Waals surface area contributed by atoms with E-state index in [2.05, 4.69) is 47.5 Å². The van der Waals surface area contributed by atoms with E-state index in [0.717, 1.165) is 10.4 Å². The first-order valence-corrected chi connectivity index (χ1v) is 12.7. The Morgan fingerprint density at radius 3 is 2.46 bits per heavy atom. The Bertz CT molecular complexity index is 1160. The molecule has 0 radical (unpaired) electrons. The van der Waals surface area contributed by atoms with Gasteiger partial charge in [0.1, 0.15) is 6.61 Å². The lowest BCUT2D eigenvalue weighted by Crippen LogP contribution is -2.55. The van der Waals surface area contributed by atoms with Gasteiger partial charge in [0, 0.05) is 31.1 Å². The van der Waals surface area contributed by atoms with Crippen LogP contribution < -0.4 is 14.8 Å². The summed E-state index contributed by atoms with van der Waals surface area (Å²) in [5.74, 6) is 1.17. The summed E-state index contributed by atoms with van der Waals surface area (Å²) >= 11 is 1.64. The first-order valence-electron chi connectivity index (χ1n) is 11.9. The highest BCUT2D eigenvalue weighted by molar-refractivity contribution is 7.10. The average molecular weight is 492 g/mol. The number of hydrogen-bond acceptors (Lipinski definition) is 6. The molecule has 1 aromatic heterocycles. The van der Waals surface area contributed by atoms with Crippen LogP contribution in [0.25, 0.3) is 0 Å². The lowest BCUT2D eigenvalue weighted by molar-refractivity contribution is -0.143. The van der Waals surface area contributed by atoms with Crippen LogP contribution in [-0.4, -0.2) is 67.0 Å². The SMILES string of the molecule is Cc1ccc(C(NC(=O)CN2CCN(C(=O)C3COc4ccccc4O3)CC2)c2cccs2)cc1. The molecule has 2 aliphatic heterocycles. The third kappa shape index (κ3) is 5.49. The number of thiophene rings is 1. The molecule has 0 bridgehead atoms. The van der Waals surface area contributed by atoms with Crippen molar-refractivity contribution < 1.29 is 19.1 Å². The molecular formula is C27H29N3O4S. The Kier molecular flexibility index (Phi) is 7.01. The van der Waals surface area contributed by atoms with Gasteiger partial charge in [-0.2, -0.15) is 0 Å². The smallest absolute Gasteiger partial charge is 0.267 e. The van der Waals surface area contributed by atoms with Gasteiger partial charge in [-0.3, -0.25) is 14.5 Å². The second-order valence-electron chi connectivity index (χ2n) is 8.89. The quantitative estimate of drug-likeness (QED) is 0.573. The molecule has 0 spiro atoms. The summed E-state index contributed by atoms with van der Waals surface area (Å²) < 4.78 is 11.6. The molecule has 2 aliphatic rings. The van der Waals surface area contributed by atoms with Crippen molar-refractivity contribution in [3.05, 3.63) is 82.0 Å². The Labute approximate surface area is 209 Å². The summed E-state index contributed by atoms with van der Waals surface area (Å²) in [7, 11) is 0. The lowest BCUT2D eigenvalue weighted by Gasteiger charge is -2.37. The van der Waals surface area contributed by atoms with Gasteiger partial charge < -0.3 is 19.7 Å². The fourth-order valence-corrected chi connectivity index (χ4v) is 5.22. The molecule has 35 heavy (non-hydrogen) atoms. The number of ether oxygens (including phenoxy) is 2. The summed E-state index contributed by atoms with van der Waals surface area (Å²) in [6.07, 6.45) is -0.638. The van der Waals surface area contributed by atoms with Crippen LogP contribution in [0.2, 0.25) is 0 Å². The van der Waals surface area contributed by atoms with E-state index in [1.54, 1.807) is 16.2 Å². The highest BCUT2D eigenvalue weighted by Gasteiger charge is 2.33. The van der Waals surface area contributed by atoms with Gasteiger partial charge in [0.25, 0.3) is 5.91 Å². The van der Waals surface area contributed by atoms with E-state index in [9.17, 15) is 9.59 Å². The molecule has 2 aromatic carbocycles. The van der Waals surface area contributed by atoms with Crippen molar-refractivity contribution in [1.29, 1.82) is 0 Å². The standard InChI is InChI=1S/C27H29N3O4S/c1-19-8-10-20(11-9-19)26(24-7-4-16-35-24)28-25(31)17-29-12-14-30(15-13-29)27(32)23-18-33-21-5-2-3-6-22(21)34-23/h2-11,16,23,26H,12-15,17-18H2,1H3,(H,28,31). The van der Waals surface area contributed by atoms with Gasteiger partial charge in [0.15, 0.2) is 11.5 Å². The molecule has 5 rings (SSSR count). The summed E-state index contributed by atoms with van der Waals surface area (Å²) in [6, 6.07) is 19.5. The van der Waals surface area contributed by atoms with Gasteiger partial charge in [0.2, 0.25) is 12.0 Å². The Morgan fingerprint density at radius 1 is 1.00 bits per heavy atom. The molecule has 8 heteroatoms. The summed E-state index contributed by atoms with van der Waals surface area (Å²) in [5, 5.41) is 5.24. The number of carbonyl (C=O) groups is 2. The fraction of sp³-hybridized carbons (Fsp3) is 0.333. The number of carbonyl (C=O) groups excluding carboxylic acids is 2. The predicted octanol–water partition coefficient (Wildman–Crippen LogP) is 3.25. The van der Waals surface area contributed by atoms with Crippen molar-refractivity contribution in [2.45, 2.75) is 19.1 Å². The Morgan fingerprint density at radius 2 is 1.74 bits per heavy atom. The molecule has 0 aliphatic carbocycles. The molecule has 2 amide bonds. The minimum Gasteiger partial charge on any atom is -0.485 e. The number of para-hydroxylation sites is 2. The number of rotatable bonds is 6. The minimum absolute atomic E-state index is 0.0237. The third-order valence-corrected chi connectivity index (χ3v) is 7.32. The van der Waals surface area contributed by atoms with Crippen LogP contribution in [0.5, 0.6) is 11.5 Å². The van der Waals surface area contributed by atoms with Crippen LogP contribution in [0, 0.1) is 6.92 Å². The van der Waals surface area contributed by atoms with E-state index in [4.69, 9.17) is 9.47 Å². The highest BCUT2D eigenvalue weighted by atomic mass is 32.1. The van der Waals surface area contributed by atoms with Gasteiger partial charge >= 0.3 is 0 Å². The van der Waals surface area contributed by atoms with E-state index in [1.165, 1.54) is 5.56 Å². The Hall–Kier alpha value is -3.36. The number of hydrogen-bond donors (Lipinski definition) is 1. The maximum absolute atomic E-state index is 13.0. The molecule has 3 aromatic rings. The molecule has 7 nitrogen and oxygen atoms in total. The predicted molar refractivity (Wildman–Crippen MR) is 135 cm³/mol. The van der Waals surface area contributed by atoms with Crippen LogP contribution in [0.15, 0.2) is 66.0 Å². The second kappa shape index (κ2) is 10.5. The van der Waals surface area contributed by atoms with Crippen molar-refractivity contribution >= 4 is 23.2 Å². The summed E-state index contributed by atoms with van der Waals surface area (Å²) in [6.45, 7) is 4.95. The molecule has 0 saturated carbocycles. The first-order chi connectivity index (χ1) is 17.1. The van der Waals surface area contributed by atoms with Crippen molar-refractivity contribution in [3.8, 4) is 11.5 Å². The van der Waals surface area contributed by atoms with Crippen LogP contribution in [0.1, 0.15) is 22.0 Å². The number of nitrogens with one attached hydrogen (secondary N) is 1. The van der Waals surface area contributed by atoms with Crippen molar-refractivity contribution in [2.75, 3.05) is 39.3 Å². The minimum atomic E-state index is -0.638. The van der Waals surface area contributed by atoms with E-state index >= 15 is 0 Å². The molecule has 2 atom stereocenters. The molecule has 182 valence electrons. The van der Waals surface area contributed by atoms with Crippen LogP contribution in [0.3, 0.4) is 0 Å². The van der Waals surface area contributed by atoms with Gasteiger partial charge in [-0.15, -0.1) is 11.3 Å². The second-order valence-corrected chi connectivity index (χ2v) is 9.87. The van der Waals surface area contributed by atoms with Crippen LogP contribution >= 0.6 is 11.3 Å². The molecular weight excluding hydrogens is 462 g/mol. The topological polar surface area (TPSA) is 71.1 Å². The van der Waals surface area contributed by atoms with Crippen molar-refractivity contribution in [2.24, 2.45) is 0 Å².